The molecule has 2 aromatic rings. The monoisotopic (exact) mass is 325 g/mol. The summed E-state index contributed by atoms with van der Waals surface area (Å²) in [6, 6.07) is 14.5. The number of carbonyl (C=O) groups is 2. The van der Waals surface area contributed by atoms with E-state index < -0.39 is 11.8 Å². The molecule has 0 radical (unpaired) electrons. The van der Waals surface area contributed by atoms with E-state index in [4.69, 9.17) is 4.74 Å². The Balaban J connectivity index is 1.97. The molecule has 0 aliphatic heterocycles. The van der Waals surface area contributed by atoms with Gasteiger partial charge in [0.25, 0.3) is 0 Å². The highest BCUT2D eigenvalue weighted by Gasteiger charge is 2.14. The molecule has 0 aliphatic carbocycles. The zero-order valence-corrected chi connectivity index (χ0v) is 13.6. The van der Waals surface area contributed by atoms with E-state index >= 15 is 0 Å². The predicted molar refractivity (Wildman–Crippen MR) is 93.2 cm³/mol. The SMILES string of the molecule is CCc1ccccc1NC(=O)C(=O)N/N=C/c1ccccc1OC. The van der Waals surface area contributed by atoms with Gasteiger partial charge in [-0.1, -0.05) is 37.3 Å². The second-order valence-corrected chi connectivity index (χ2v) is 4.91. The fourth-order valence-corrected chi connectivity index (χ4v) is 2.11. The number of ether oxygens (including phenoxy) is 1. The number of nitrogens with zero attached hydrogens (tertiary/aromatic N) is 1. The Morgan fingerprint density at radius 2 is 1.79 bits per heavy atom. The maximum atomic E-state index is 11.9. The van der Waals surface area contributed by atoms with Crippen LogP contribution in [0.5, 0.6) is 5.75 Å². The number of amides is 2. The highest BCUT2D eigenvalue weighted by Crippen LogP contribution is 2.15. The molecule has 0 saturated carbocycles. The Labute approximate surface area is 140 Å². The summed E-state index contributed by atoms with van der Waals surface area (Å²) in [4.78, 5) is 23.7. The number of hydrazone groups is 1. The summed E-state index contributed by atoms with van der Waals surface area (Å²) in [5.41, 5.74) is 4.47. The van der Waals surface area contributed by atoms with Gasteiger partial charge in [-0.3, -0.25) is 9.59 Å². The summed E-state index contributed by atoms with van der Waals surface area (Å²) in [5, 5.41) is 6.37. The molecule has 0 fully saturated rings. The Hall–Kier alpha value is -3.15. The minimum Gasteiger partial charge on any atom is -0.496 e. The Kier molecular flexibility index (Phi) is 6.08. The zero-order chi connectivity index (χ0) is 17.4. The number of aryl methyl sites for hydroxylation is 1. The van der Waals surface area contributed by atoms with Gasteiger partial charge in [0.1, 0.15) is 5.75 Å². The lowest BCUT2D eigenvalue weighted by Crippen LogP contribution is -2.32. The summed E-state index contributed by atoms with van der Waals surface area (Å²) in [5.74, 6) is -0.989. The van der Waals surface area contributed by atoms with E-state index in [0.717, 1.165) is 12.0 Å². The molecule has 2 aromatic carbocycles. The first kappa shape index (κ1) is 17.2. The summed E-state index contributed by atoms with van der Waals surface area (Å²) >= 11 is 0. The quantitative estimate of drug-likeness (QED) is 0.503. The van der Waals surface area contributed by atoms with E-state index in [2.05, 4.69) is 15.8 Å². The maximum Gasteiger partial charge on any atom is 0.329 e. The first-order valence-corrected chi connectivity index (χ1v) is 7.51. The molecule has 24 heavy (non-hydrogen) atoms. The molecule has 2 N–H and O–H groups in total. The van der Waals surface area contributed by atoms with Gasteiger partial charge >= 0.3 is 11.8 Å². The molecule has 0 unspecified atom stereocenters. The number of hydrogen-bond acceptors (Lipinski definition) is 4. The molecule has 0 spiro atoms. The van der Waals surface area contributed by atoms with Gasteiger partial charge in [0, 0.05) is 11.3 Å². The van der Waals surface area contributed by atoms with Crippen LogP contribution in [-0.2, 0) is 16.0 Å². The largest absolute Gasteiger partial charge is 0.496 e. The number of carbonyl (C=O) groups excluding carboxylic acids is 2. The van der Waals surface area contributed by atoms with Crippen molar-refractivity contribution in [3.8, 4) is 5.75 Å². The average molecular weight is 325 g/mol. The maximum absolute atomic E-state index is 11.9. The molecule has 0 saturated heterocycles. The number of nitrogens with one attached hydrogen (secondary N) is 2. The molecule has 0 aromatic heterocycles. The first-order chi connectivity index (χ1) is 11.7. The van der Waals surface area contributed by atoms with Crippen molar-refractivity contribution in [1.29, 1.82) is 0 Å². The number of methoxy groups -OCH3 is 1. The van der Waals surface area contributed by atoms with Crippen LogP contribution in [0.15, 0.2) is 53.6 Å². The van der Waals surface area contributed by atoms with E-state index in [0.29, 0.717) is 17.0 Å². The number of hydrogen-bond donors (Lipinski definition) is 2. The molecular formula is C18H19N3O3. The normalized spacial score (nSPS) is 10.4. The molecule has 0 bridgehead atoms. The van der Waals surface area contributed by atoms with Crippen LogP contribution < -0.4 is 15.5 Å². The third-order valence-corrected chi connectivity index (χ3v) is 3.36. The molecular weight excluding hydrogens is 306 g/mol. The summed E-state index contributed by atoms with van der Waals surface area (Å²) < 4.78 is 5.17. The van der Waals surface area contributed by atoms with Gasteiger partial charge in [-0.2, -0.15) is 5.10 Å². The third kappa shape index (κ3) is 4.42. The lowest BCUT2D eigenvalue weighted by atomic mass is 10.1. The van der Waals surface area contributed by atoms with Crippen LogP contribution in [0.2, 0.25) is 0 Å². The van der Waals surface area contributed by atoms with Gasteiger partial charge in [0.2, 0.25) is 0 Å². The second-order valence-electron chi connectivity index (χ2n) is 4.91. The van der Waals surface area contributed by atoms with Crippen LogP contribution in [0.4, 0.5) is 5.69 Å². The predicted octanol–water partition coefficient (Wildman–Crippen LogP) is 2.35. The van der Waals surface area contributed by atoms with Gasteiger partial charge in [-0.05, 0) is 30.2 Å². The zero-order valence-electron chi connectivity index (χ0n) is 13.6. The highest BCUT2D eigenvalue weighted by atomic mass is 16.5. The van der Waals surface area contributed by atoms with Crippen molar-refractivity contribution in [1.82, 2.24) is 5.43 Å². The molecule has 124 valence electrons. The summed E-state index contributed by atoms with van der Waals surface area (Å²) in [6.07, 6.45) is 2.17. The molecule has 0 heterocycles. The van der Waals surface area contributed by atoms with E-state index in [1.165, 1.54) is 6.21 Å². The van der Waals surface area contributed by atoms with Gasteiger partial charge in [0.05, 0.1) is 13.3 Å². The minimum absolute atomic E-state index is 0.619. The van der Waals surface area contributed by atoms with Crippen LogP contribution in [0.1, 0.15) is 18.1 Å². The van der Waals surface area contributed by atoms with Crippen molar-refractivity contribution in [3.05, 3.63) is 59.7 Å². The van der Waals surface area contributed by atoms with Crippen LogP contribution in [-0.4, -0.2) is 25.1 Å². The second kappa shape index (κ2) is 8.47. The molecule has 0 aliphatic rings. The first-order valence-electron chi connectivity index (χ1n) is 7.51. The van der Waals surface area contributed by atoms with E-state index in [-0.39, 0.29) is 0 Å². The van der Waals surface area contributed by atoms with Crippen LogP contribution in [0.25, 0.3) is 0 Å². The molecule has 6 heteroatoms. The van der Waals surface area contributed by atoms with Gasteiger partial charge in [-0.25, -0.2) is 5.43 Å². The lowest BCUT2D eigenvalue weighted by molar-refractivity contribution is -0.136. The molecule has 2 amide bonds. The van der Waals surface area contributed by atoms with Crippen molar-refractivity contribution in [2.45, 2.75) is 13.3 Å². The van der Waals surface area contributed by atoms with Crippen molar-refractivity contribution in [2.24, 2.45) is 5.10 Å². The van der Waals surface area contributed by atoms with Crippen LogP contribution in [0.3, 0.4) is 0 Å². The van der Waals surface area contributed by atoms with E-state index in [9.17, 15) is 9.59 Å². The van der Waals surface area contributed by atoms with Crippen molar-refractivity contribution in [2.75, 3.05) is 12.4 Å². The fourth-order valence-electron chi connectivity index (χ4n) is 2.11. The third-order valence-electron chi connectivity index (χ3n) is 3.36. The Morgan fingerprint density at radius 1 is 1.08 bits per heavy atom. The highest BCUT2D eigenvalue weighted by molar-refractivity contribution is 6.39. The summed E-state index contributed by atoms with van der Waals surface area (Å²) in [7, 11) is 1.55. The fraction of sp³-hybridized carbons (Fsp3) is 0.167. The van der Waals surface area contributed by atoms with Crippen LogP contribution in [0, 0.1) is 0 Å². The van der Waals surface area contributed by atoms with Crippen molar-refractivity contribution in [3.63, 3.8) is 0 Å². The average Bonchev–Trinajstić information content (AvgIpc) is 2.62. The van der Waals surface area contributed by atoms with E-state index in [1.54, 1.807) is 31.4 Å². The van der Waals surface area contributed by atoms with E-state index in [1.807, 2.05) is 31.2 Å². The van der Waals surface area contributed by atoms with Gasteiger partial charge in [0.15, 0.2) is 0 Å². The number of para-hydroxylation sites is 2. The number of benzene rings is 2. The smallest absolute Gasteiger partial charge is 0.329 e. The lowest BCUT2D eigenvalue weighted by Gasteiger charge is -2.08. The Bertz CT molecular complexity index is 757. The topological polar surface area (TPSA) is 79.8 Å². The van der Waals surface area contributed by atoms with Crippen LogP contribution >= 0.6 is 0 Å². The Morgan fingerprint density at radius 3 is 2.54 bits per heavy atom. The number of rotatable bonds is 5. The summed E-state index contributed by atoms with van der Waals surface area (Å²) in [6.45, 7) is 1.97. The molecule has 0 atom stereocenters. The van der Waals surface area contributed by atoms with Crippen molar-refractivity contribution >= 4 is 23.7 Å². The molecule has 2 rings (SSSR count). The standard InChI is InChI=1S/C18H19N3O3/c1-3-13-8-4-6-10-15(13)20-17(22)18(23)21-19-12-14-9-5-7-11-16(14)24-2/h4-12H,3H2,1-2H3,(H,20,22)(H,21,23)/b19-12+. The van der Waals surface area contributed by atoms with Gasteiger partial charge < -0.3 is 10.1 Å². The minimum atomic E-state index is -0.841. The van der Waals surface area contributed by atoms with Gasteiger partial charge in [-0.15, -0.1) is 0 Å². The van der Waals surface area contributed by atoms with Crippen molar-refractivity contribution < 1.29 is 14.3 Å². The molecule has 6 nitrogen and oxygen atoms in total. The number of anilines is 1.